The Bertz CT molecular complexity index is 250. The van der Waals surface area contributed by atoms with E-state index in [0.717, 1.165) is 32.4 Å². The lowest BCUT2D eigenvalue weighted by Crippen LogP contribution is -2.46. The standard InChI is InChI=1S/C17H38N2O/c1-8-12-18-17(6,14-20)11-9-10-13-19(7)15(2)16(3,4)5/h15,18,20H,8-14H2,1-7H3. The average Bonchev–Trinajstić information content (AvgIpc) is 2.39. The predicted octanol–water partition coefficient (Wildman–Crippen LogP) is 3.27. The van der Waals surface area contributed by atoms with Gasteiger partial charge >= 0.3 is 0 Å². The van der Waals surface area contributed by atoms with Crippen molar-refractivity contribution >= 4 is 0 Å². The second-order valence-electron chi connectivity index (χ2n) is 7.63. The van der Waals surface area contributed by atoms with Crippen molar-refractivity contribution in [1.29, 1.82) is 0 Å². The topological polar surface area (TPSA) is 35.5 Å². The van der Waals surface area contributed by atoms with E-state index in [0.29, 0.717) is 11.5 Å². The summed E-state index contributed by atoms with van der Waals surface area (Å²) < 4.78 is 0. The Morgan fingerprint density at radius 2 is 1.75 bits per heavy atom. The third-order valence-electron chi connectivity index (χ3n) is 4.55. The first-order valence-corrected chi connectivity index (χ1v) is 8.22. The van der Waals surface area contributed by atoms with Crippen molar-refractivity contribution in [3.05, 3.63) is 0 Å². The first-order chi connectivity index (χ1) is 9.16. The van der Waals surface area contributed by atoms with Gasteiger partial charge in [-0.3, -0.25) is 0 Å². The number of nitrogens with one attached hydrogen (secondary N) is 1. The summed E-state index contributed by atoms with van der Waals surface area (Å²) in [5.74, 6) is 0. The molecule has 0 saturated carbocycles. The maximum absolute atomic E-state index is 9.54. The number of aliphatic hydroxyl groups is 1. The van der Waals surface area contributed by atoms with Crippen LogP contribution in [0.1, 0.15) is 67.2 Å². The highest BCUT2D eigenvalue weighted by Crippen LogP contribution is 2.23. The number of hydrogen-bond acceptors (Lipinski definition) is 3. The zero-order valence-electron chi connectivity index (χ0n) is 14.9. The van der Waals surface area contributed by atoms with Gasteiger partial charge < -0.3 is 15.3 Å². The summed E-state index contributed by atoms with van der Waals surface area (Å²) in [7, 11) is 2.22. The third kappa shape index (κ3) is 7.61. The van der Waals surface area contributed by atoms with E-state index < -0.39 is 0 Å². The van der Waals surface area contributed by atoms with E-state index >= 15 is 0 Å². The Hall–Kier alpha value is -0.120. The average molecular weight is 287 g/mol. The van der Waals surface area contributed by atoms with Crippen molar-refractivity contribution in [2.75, 3.05) is 26.7 Å². The fourth-order valence-corrected chi connectivity index (χ4v) is 2.38. The van der Waals surface area contributed by atoms with Crippen molar-refractivity contribution in [2.24, 2.45) is 5.41 Å². The van der Waals surface area contributed by atoms with E-state index in [1.54, 1.807) is 0 Å². The smallest absolute Gasteiger partial charge is 0.0610 e. The highest BCUT2D eigenvalue weighted by molar-refractivity contribution is 4.82. The molecule has 0 aromatic carbocycles. The van der Waals surface area contributed by atoms with Gasteiger partial charge in [0, 0.05) is 11.6 Å². The summed E-state index contributed by atoms with van der Waals surface area (Å²) in [6, 6.07) is 0.588. The van der Waals surface area contributed by atoms with Gasteiger partial charge in [0.25, 0.3) is 0 Å². The van der Waals surface area contributed by atoms with Crippen LogP contribution in [0.5, 0.6) is 0 Å². The summed E-state index contributed by atoms with van der Waals surface area (Å²) >= 11 is 0. The fourth-order valence-electron chi connectivity index (χ4n) is 2.38. The van der Waals surface area contributed by atoms with Gasteiger partial charge in [-0.1, -0.05) is 34.1 Å². The molecular weight excluding hydrogens is 248 g/mol. The van der Waals surface area contributed by atoms with Crippen molar-refractivity contribution < 1.29 is 5.11 Å². The van der Waals surface area contributed by atoms with Gasteiger partial charge in [-0.25, -0.2) is 0 Å². The second kappa shape index (κ2) is 9.01. The molecular formula is C17H38N2O. The molecule has 0 aliphatic carbocycles. The molecule has 0 fully saturated rings. The van der Waals surface area contributed by atoms with E-state index in [2.05, 4.69) is 58.8 Å². The minimum Gasteiger partial charge on any atom is -0.394 e. The molecule has 3 heteroatoms. The van der Waals surface area contributed by atoms with Crippen molar-refractivity contribution in [2.45, 2.75) is 78.8 Å². The molecule has 3 nitrogen and oxygen atoms in total. The van der Waals surface area contributed by atoms with Crippen molar-refractivity contribution in [3.63, 3.8) is 0 Å². The molecule has 0 aromatic rings. The van der Waals surface area contributed by atoms with Crippen LogP contribution in [-0.2, 0) is 0 Å². The van der Waals surface area contributed by atoms with Crippen LogP contribution in [0.15, 0.2) is 0 Å². The zero-order chi connectivity index (χ0) is 15.8. The maximum Gasteiger partial charge on any atom is 0.0610 e. The second-order valence-corrected chi connectivity index (χ2v) is 7.63. The van der Waals surface area contributed by atoms with Gasteiger partial charge in [0.15, 0.2) is 0 Å². The molecule has 0 spiro atoms. The molecule has 0 aromatic heterocycles. The van der Waals surface area contributed by atoms with Crippen LogP contribution in [0, 0.1) is 5.41 Å². The van der Waals surface area contributed by atoms with Crippen LogP contribution in [0.4, 0.5) is 0 Å². The minimum atomic E-state index is -0.107. The van der Waals surface area contributed by atoms with Gasteiger partial charge in [-0.2, -0.15) is 0 Å². The van der Waals surface area contributed by atoms with E-state index in [1.807, 2.05) is 0 Å². The molecule has 0 bridgehead atoms. The number of nitrogens with zero attached hydrogens (tertiary/aromatic N) is 1. The highest BCUT2D eigenvalue weighted by Gasteiger charge is 2.24. The molecule has 0 aliphatic heterocycles. The Morgan fingerprint density at radius 3 is 2.20 bits per heavy atom. The first-order valence-electron chi connectivity index (χ1n) is 8.22. The Labute approximate surface area is 127 Å². The molecule has 0 saturated heterocycles. The Kier molecular flexibility index (Phi) is 8.96. The van der Waals surface area contributed by atoms with Crippen LogP contribution in [-0.4, -0.2) is 48.3 Å². The van der Waals surface area contributed by atoms with E-state index in [9.17, 15) is 5.11 Å². The molecule has 122 valence electrons. The van der Waals surface area contributed by atoms with Gasteiger partial charge in [-0.15, -0.1) is 0 Å². The van der Waals surface area contributed by atoms with E-state index in [-0.39, 0.29) is 12.1 Å². The van der Waals surface area contributed by atoms with E-state index in [1.165, 1.54) is 6.42 Å². The lowest BCUT2D eigenvalue weighted by atomic mass is 9.87. The van der Waals surface area contributed by atoms with Crippen molar-refractivity contribution in [1.82, 2.24) is 10.2 Å². The largest absolute Gasteiger partial charge is 0.394 e. The minimum absolute atomic E-state index is 0.107. The van der Waals surface area contributed by atoms with Gasteiger partial charge in [0.1, 0.15) is 0 Å². The SMILES string of the molecule is CCCNC(C)(CO)CCCCN(C)C(C)C(C)(C)C. The summed E-state index contributed by atoms with van der Waals surface area (Å²) in [5.41, 5.74) is 0.223. The summed E-state index contributed by atoms with van der Waals surface area (Å²) in [6.45, 7) is 15.8. The van der Waals surface area contributed by atoms with E-state index in [4.69, 9.17) is 0 Å². The van der Waals surface area contributed by atoms with Gasteiger partial charge in [0.2, 0.25) is 0 Å². The lowest BCUT2D eigenvalue weighted by Gasteiger charge is -2.35. The number of rotatable bonds is 10. The fraction of sp³-hybridized carbons (Fsp3) is 1.00. The molecule has 2 unspecified atom stereocenters. The van der Waals surface area contributed by atoms with Crippen LogP contribution in [0.2, 0.25) is 0 Å². The van der Waals surface area contributed by atoms with Gasteiger partial charge in [0.05, 0.1) is 6.61 Å². The quantitative estimate of drug-likeness (QED) is 0.605. The maximum atomic E-state index is 9.54. The highest BCUT2D eigenvalue weighted by atomic mass is 16.3. The van der Waals surface area contributed by atoms with Crippen LogP contribution in [0.25, 0.3) is 0 Å². The molecule has 0 amide bonds. The van der Waals surface area contributed by atoms with Crippen LogP contribution in [0.3, 0.4) is 0 Å². The number of hydrogen-bond donors (Lipinski definition) is 2. The number of unbranched alkanes of at least 4 members (excludes halogenated alkanes) is 1. The molecule has 2 atom stereocenters. The molecule has 0 rings (SSSR count). The number of aliphatic hydroxyl groups excluding tert-OH is 1. The molecule has 2 N–H and O–H groups in total. The Morgan fingerprint density at radius 1 is 1.15 bits per heavy atom. The van der Waals surface area contributed by atoms with Gasteiger partial charge in [-0.05, 0) is 58.7 Å². The zero-order valence-corrected chi connectivity index (χ0v) is 14.9. The monoisotopic (exact) mass is 286 g/mol. The third-order valence-corrected chi connectivity index (χ3v) is 4.55. The van der Waals surface area contributed by atoms with Crippen molar-refractivity contribution in [3.8, 4) is 0 Å². The normalized spacial score (nSPS) is 17.2. The molecule has 20 heavy (non-hydrogen) atoms. The lowest BCUT2D eigenvalue weighted by molar-refractivity contribution is 0.133. The summed E-state index contributed by atoms with van der Waals surface area (Å²) in [5, 5.41) is 13.0. The summed E-state index contributed by atoms with van der Waals surface area (Å²) in [6.07, 6.45) is 4.51. The molecule has 0 aliphatic rings. The first kappa shape index (κ1) is 19.9. The predicted molar refractivity (Wildman–Crippen MR) is 89.2 cm³/mol. The molecule has 0 heterocycles. The van der Waals surface area contributed by atoms with Crippen LogP contribution < -0.4 is 5.32 Å². The summed E-state index contributed by atoms with van der Waals surface area (Å²) in [4.78, 5) is 2.45. The van der Waals surface area contributed by atoms with Crippen LogP contribution >= 0.6 is 0 Å². The Balaban J connectivity index is 4.00. The molecule has 0 radical (unpaired) electrons.